The van der Waals surface area contributed by atoms with E-state index in [0.29, 0.717) is 10.9 Å². The smallest absolute Gasteiger partial charge is 0.361 e. The van der Waals surface area contributed by atoms with Gasteiger partial charge in [0.05, 0.1) is 5.52 Å². The van der Waals surface area contributed by atoms with E-state index < -0.39 is 12.7 Å². The number of pyridine rings is 2. The van der Waals surface area contributed by atoms with Crippen molar-refractivity contribution in [2.45, 2.75) is 44.3 Å². The predicted octanol–water partition coefficient (Wildman–Crippen LogP) is 3.28. The molecule has 0 unspecified atom stereocenters. The maximum absolute atomic E-state index is 12.9. The van der Waals surface area contributed by atoms with Gasteiger partial charge in [-0.3, -0.25) is 9.78 Å². The summed E-state index contributed by atoms with van der Waals surface area (Å²) in [5, 5.41) is 5.86. The molecule has 180 valence electrons. The van der Waals surface area contributed by atoms with Gasteiger partial charge in [0.25, 0.3) is 5.91 Å². The Morgan fingerprint density at radius 2 is 1.70 bits per heavy atom. The predicted molar refractivity (Wildman–Crippen MR) is 121 cm³/mol. The SMILES string of the molecule is O=C(NC1CCN(CCN2CCCCC2)CC1)c1nccc2nc(NCC(F)(F)F)ccc12. The number of carbonyl (C=O) groups is 1. The zero-order chi connectivity index (χ0) is 23.3. The van der Waals surface area contributed by atoms with Gasteiger partial charge in [0.2, 0.25) is 0 Å². The van der Waals surface area contributed by atoms with Crippen LogP contribution in [-0.4, -0.2) is 83.7 Å². The Kier molecular flexibility index (Phi) is 7.64. The molecule has 2 aliphatic heterocycles. The van der Waals surface area contributed by atoms with Crippen molar-refractivity contribution in [2.75, 3.05) is 51.1 Å². The van der Waals surface area contributed by atoms with Gasteiger partial charge in [-0.25, -0.2) is 4.98 Å². The highest BCUT2D eigenvalue weighted by Gasteiger charge is 2.27. The van der Waals surface area contributed by atoms with Gasteiger partial charge in [0, 0.05) is 43.8 Å². The molecular formula is C23H31F3N6O. The molecule has 2 N–H and O–H groups in total. The maximum Gasteiger partial charge on any atom is 0.405 e. The minimum atomic E-state index is -4.33. The third kappa shape index (κ3) is 6.77. The van der Waals surface area contributed by atoms with E-state index in [1.165, 1.54) is 44.6 Å². The summed E-state index contributed by atoms with van der Waals surface area (Å²) >= 11 is 0. The second-order valence-electron chi connectivity index (χ2n) is 8.88. The Morgan fingerprint density at radius 3 is 2.39 bits per heavy atom. The van der Waals surface area contributed by atoms with E-state index in [4.69, 9.17) is 0 Å². The van der Waals surface area contributed by atoms with Crippen LogP contribution in [0.3, 0.4) is 0 Å². The molecule has 0 bridgehead atoms. The topological polar surface area (TPSA) is 73.4 Å². The lowest BCUT2D eigenvalue weighted by molar-refractivity contribution is -0.115. The highest BCUT2D eigenvalue weighted by atomic mass is 19.4. The Balaban J connectivity index is 1.29. The van der Waals surface area contributed by atoms with Crippen LogP contribution in [0.15, 0.2) is 24.4 Å². The first-order chi connectivity index (χ1) is 15.9. The third-order valence-electron chi connectivity index (χ3n) is 6.40. The standard InChI is InChI=1S/C23H31F3N6O/c24-23(25,26)16-28-20-5-4-18-19(30-20)6-9-27-21(18)22(33)29-17-7-12-32(13-8-17)15-14-31-10-2-1-3-11-31/h4-6,9,17H,1-3,7-8,10-16H2,(H,28,30)(H,29,33). The van der Waals surface area contributed by atoms with Crippen molar-refractivity contribution in [3.05, 3.63) is 30.1 Å². The number of nitrogens with zero attached hydrogens (tertiary/aromatic N) is 4. The zero-order valence-electron chi connectivity index (χ0n) is 18.7. The Labute approximate surface area is 191 Å². The third-order valence-corrected chi connectivity index (χ3v) is 6.40. The first-order valence-corrected chi connectivity index (χ1v) is 11.7. The summed E-state index contributed by atoms with van der Waals surface area (Å²) in [5.41, 5.74) is 0.671. The van der Waals surface area contributed by atoms with Crippen molar-refractivity contribution < 1.29 is 18.0 Å². The average molecular weight is 465 g/mol. The molecule has 10 heteroatoms. The fraction of sp³-hybridized carbons (Fsp3) is 0.609. The molecule has 0 aliphatic carbocycles. The summed E-state index contributed by atoms with van der Waals surface area (Å²) in [7, 11) is 0. The number of likely N-dealkylation sites (tertiary alicyclic amines) is 2. The molecule has 0 spiro atoms. The van der Waals surface area contributed by atoms with Gasteiger partial charge in [-0.2, -0.15) is 13.2 Å². The van der Waals surface area contributed by atoms with Crippen LogP contribution in [0.5, 0.6) is 0 Å². The number of hydrogen-bond acceptors (Lipinski definition) is 6. The molecule has 2 aromatic rings. The van der Waals surface area contributed by atoms with Crippen molar-refractivity contribution in [1.82, 2.24) is 25.1 Å². The van der Waals surface area contributed by atoms with E-state index in [1.54, 1.807) is 12.1 Å². The van der Waals surface area contributed by atoms with Gasteiger partial charge in [-0.15, -0.1) is 0 Å². The number of fused-ring (bicyclic) bond motifs is 1. The fourth-order valence-corrected chi connectivity index (χ4v) is 4.54. The van der Waals surface area contributed by atoms with E-state index in [1.807, 2.05) is 0 Å². The Bertz CT molecular complexity index is 939. The van der Waals surface area contributed by atoms with Crippen LogP contribution in [0.4, 0.5) is 19.0 Å². The summed E-state index contributed by atoms with van der Waals surface area (Å²) in [5.74, 6) is -0.167. The van der Waals surface area contributed by atoms with E-state index in [2.05, 4.69) is 30.4 Å². The van der Waals surface area contributed by atoms with Crippen molar-refractivity contribution in [2.24, 2.45) is 0 Å². The van der Waals surface area contributed by atoms with Crippen LogP contribution >= 0.6 is 0 Å². The van der Waals surface area contributed by atoms with Gasteiger partial charge < -0.3 is 20.4 Å². The summed E-state index contributed by atoms with van der Waals surface area (Å²) in [6, 6.07) is 4.70. The van der Waals surface area contributed by atoms with Gasteiger partial charge in [-0.1, -0.05) is 6.42 Å². The molecular weight excluding hydrogens is 433 g/mol. The van der Waals surface area contributed by atoms with E-state index in [0.717, 1.165) is 39.0 Å². The molecule has 2 saturated heterocycles. The van der Waals surface area contributed by atoms with Crippen molar-refractivity contribution in [3.8, 4) is 0 Å². The average Bonchev–Trinajstić information content (AvgIpc) is 2.82. The quantitative estimate of drug-likeness (QED) is 0.655. The molecule has 2 aromatic heterocycles. The molecule has 4 heterocycles. The van der Waals surface area contributed by atoms with Gasteiger partial charge in [0.15, 0.2) is 0 Å². The van der Waals surface area contributed by atoms with Crippen molar-refractivity contribution >= 4 is 22.6 Å². The lowest BCUT2D eigenvalue weighted by atomic mass is 10.0. The number of rotatable bonds is 7. The molecule has 2 fully saturated rings. The number of anilines is 1. The molecule has 1 amide bonds. The minimum Gasteiger partial charge on any atom is -0.361 e. The Morgan fingerprint density at radius 1 is 1.00 bits per heavy atom. The lowest BCUT2D eigenvalue weighted by Gasteiger charge is -2.34. The monoisotopic (exact) mass is 464 g/mol. The molecule has 0 atom stereocenters. The molecule has 0 aromatic carbocycles. The van der Waals surface area contributed by atoms with Crippen LogP contribution < -0.4 is 10.6 Å². The van der Waals surface area contributed by atoms with E-state index >= 15 is 0 Å². The zero-order valence-corrected chi connectivity index (χ0v) is 18.7. The number of piperidine rings is 2. The largest absolute Gasteiger partial charge is 0.405 e. The second-order valence-corrected chi connectivity index (χ2v) is 8.88. The van der Waals surface area contributed by atoms with Crippen LogP contribution in [0.2, 0.25) is 0 Å². The number of nitrogens with one attached hydrogen (secondary N) is 2. The summed E-state index contributed by atoms with van der Waals surface area (Å²) in [4.78, 5) is 26.3. The number of amides is 1. The number of halogens is 3. The van der Waals surface area contributed by atoms with E-state index in [-0.39, 0.29) is 23.5 Å². The van der Waals surface area contributed by atoms with Gasteiger partial charge in [0.1, 0.15) is 18.1 Å². The van der Waals surface area contributed by atoms with Gasteiger partial charge in [-0.05, 0) is 57.0 Å². The number of aromatic nitrogens is 2. The molecule has 33 heavy (non-hydrogen) atoms. The molecule has 2 aliphatic rings. The summed E-state index contributed by atoms with van der Waals surface area (Å²) in [6.45, 7) is 5.35. The number of hydrogen-bond donors (Lipinski definition) is 2. The second kappa shape index (κ2) is 10.6. The maximum atomic E-state index is 12.9. The fourth-order valence-electron chi connectivity index (χ4n) is 4.54. The van der Waals surface area contributed by atoms with Gasteiger partial charge >= 0.3 is 6.18 Å². The van der Waals surface area contributed by atoms with Crippen LogP contribution in [0, 0.1) is 0 Å². The first kappa shape index (κ1) is 23.7. The van der Waals surface area contributed by atoms with Crippen molar-refractivity contribution in [1.29, 1.82) is 0 Å². The summed E-state index contributed by atoms with van der Waals surface area (Å²) in [6.07, 6.45) is 2.86. The highest BCUT2D eigenvalue weighted by Crippen LogP contribution is 2.21. The number of carbonyl (C=O) groups excluding carboxylic acids is 1. The van der Waals surface area contributed by atoms with Crippen LogP contribution in [0.1, 0.15) is 42.6 Å². The first-order valence-electron chi connectivity index (χ1n) is 11.7. The molecule has 0 saturated carbocycles. The normalized spacial score (nSPS) is 19.0. The Hall–Kier alpha value is -2.46. The molecule has 4 rings (SSSR count). The van der Waals surface area contributed by atoms with E-state index in [9.17, 15) is 18.0 Å². The highest BCUT2D eigenvalue weighted by molar-refractivity contribution is 6.04. The van der Waals surface area contributed by atoms with Crippen molar-refractivity contribution in [3.63, 3.8) is 0 Å². The van der Waals surface area contributed by atoms with Crippen LogP contribution in [-0.2, 0) is 0 Å². The van der Waals surface area contributed by atoms with Crippen LogP contribution in [0.25, 0.3) is 10.9 Å². The molecule has 0 radical (unpaired) electrons. The lowest BCUT2D eigenvalue weighted by Crippen LogP contribution is -2.47. The minimum absolute atomic E-state index is 0.0847. The summed E-state index contributed by atoms with van der Waals surface area (Å²) < 4.78 is 37.3. The molecule has 7 nitrogen and oxygen atoms in total. The number of alkyl halides is 3.